The number of hydrazone groups is 1. The van der Waals surface area contributed by atoms with E-state index in [1.165, 1.54) is 5.01 Å². The Balaban J connectivity index is 1.74. The molecule has 40 heavy (non-hydrogen) atoms. The molecule has 0 radical (unpaired) electrons. The molecule has 4 rings (SSSR count). The van der Waals surface area contributed by atoms with Crippen molar-refractivity contribution < 1.29 is 21.6 Å². The molecule has 208 valence electrons. The van der Waals surface area contributed by atoms with E-state index in [-0.39, 0.29) is 22.4 Å². The van der Waals surface area contributed by atoms with Gasteiger partial charge in [0.25, 0.3) is 10.0 Å². The second-order valence-corrected chi connectivity index (χ2v) is 12.0. The summed E-state index contributed by atoms with van der Waals surface area (Å²) in [5.74, 6) is 0.328. The first kappa shape index (κ1) is 29.6. The summed E-state index contributed by atoms with van der Waals surface area (Å²) in [5.41, 5.74) is 1.60. The smallest absolute Gasteiger partial charge is 0.241 e. The Bertz CT molecular complexity index is 1520. The fraction of sp³-hybridized carbons (Fsp3) is 0.250. The maximum absolute atomic E-state index is 13.2. The average molecular weight is 605 g/mol. The van der Waals surface area contributed by atoms with Gasteiger partial charge in [-0.3, -0.25) is 0 Å². The number of hydrogen-bond donors (Lipinski definition) is 0. The quantitative estimate of drug-likeness (QED) is 0.160. The maximum atomic E-state index is 13.2. The summed E-state index contributed by atoms with van der Waals surface area (Å²) in [6, 6.07) is 22.3. The lowest BCUT2D eigenvalue weighted by Crippen LogP contribution is -2.35. The molecule has 1 atom stereocenters. The predicted octanol–water partition coefficient (Wildman–Crippen LogP) is 7.33. The van der Waals surface area contributed by atoms with E-state index >= 15 is 0 Å². The Morgan fingerprint density at radius 3 is 2.38 bits per heavy atom. The molecule has 3 aromatic carbocycles. The summed E-state index contributed by atoms with van der Waals surface area (Å²) < 4.78 is 69.4. The molecule has 12 heteroatoms. The Morgan fingerprint density at radius 1 is 1.07 bits per heavy atom. The molecule has 0 saturated carbocycles. The van der Waals surface area contributed by atoms with E-state index in [2.05, 4.69) is 10.5 Å². The Morgan fingerprint density at radius 2 is 1.75 bits per heavy atom. The van der Waals surface area contributed by atoms with Crippen LogP contribution in [0, 0.1) is 11.3 Å². The van der Waals surface area contributed by atoms with Gasteiger partial charge in [-0.05, 0) is 60.4 Å². The monoisotopic (exact) mass is 604 g/mol. The summed E-state index contributed by atoms with van der Waals surface area (Å²) in [6.45, 7) is 0.350. The Kier molecular flexibility index (Phi) is 9.56. The number of amidine groups is 1. The van der Waals surface area contributed by atoms with Crippen LogP contribution in [-0.2, 0) is 16.2 Å². The van der Waals surface area contributed by atoms with E-state index in [0.717, 1.165) is 35.0 Å². The lowest BCUT2D eigenvalue weighted by atomic mass is 9.86. The van der Waals surface area contributed by atoms with Gasteiger partial charge >= 0.3 is 6.18 Å². The van der Waals surface area contributed by atoms with Crippen LogP contribution in [0.5, 0.6) is 0 Å². The normalized spacial score (nSPS) is 16.4. The van der Waals surface area contributed by atoms with Crippen molar-refractivity contribution in [2.45, 2.75) is 36.3 Å². The molecular weight excluding hydrogens is 581 g/mol. The van der Waals surface area contributed by atoms with Gasteiger partial charge in [-0.2, -0.15) is 32.0 Å². The topological polar surface area (TPSA) is 85.9 Å². The molecule has 0 spiro atoms. The number of sulfonamides is 1. The molecule has 1 aliphatic rings. The highest BCUT2D eigenvalue weighted by molar-refractivity contribution is 8.14. The summed E-state index contributed by atoms with van der Waals surface area (Å²) in [5, 5.41) is 15.9. The molecule has 0 fully saturated rings. The van der Waals surface area contributed by atoms with Crippen molar-refractivity contribution in [3.63, 3.8) is 0 Å². The van der Waals surface area contributed by atoms with Crippen molar-refractivity contribution >= 4 is 44.3 Å². The standard InChI is InChI=1S/C28H24ClF3N4O2S2/c29-23-12-8-21(9-13-23)26-25(20-6-2-1-3-7-20)16-18-36(34-26)27(39-19-5-4-17-33)35-40(37,38)24-14-10-22(11-15-24)28(30,31)32/h1-3,6-15,25H,4-5,16,18-19H2. The van der Waals surface area contributed by atoms with Crippen LogP contribution in [0.4, 0.5) is 13.2 Å². The molecule has 0 amide bonds. The zero-order valence-electron chi connectivity index (χ0n) is 21.1. The number of nitriles is 1. The highest BCUT2D eigenvalue weighted by Crippen LogP contribution is 2.33. The van der Waals surface area contributed by atoms with Crippen molar-refractivity contribution in [3.8, 4) is 6.07 Å². The van der Waals surface area contributed by atoms with Crippen LogP contribution in [0.3, 0.4) is 0 Å². The van der Waals surface area contributed by atoms with Crippen molar-refractivity contribution in [3.05, 3.63) is 101 Å². The molecule has 3 aromatic rings. The summed E-state index contributed by atoms with van der Waals surface area (Å²) >= 11 is 7.24. The third kappa shape index (κ3) is 7.44. The van der Waals surface area contributed by atoms with Crippen LogP contribution >= 0.6 is 23.4 Å². The van der Waals surface area contributed by atoms with Crippen molar-refractivity contribution in [2.75, 3.05) is 12.3 Å². The number of benzene rings is 3. The molecule has 1 aliphatic heterocycles. The van der Waals surface area contributed by atoms with Gasteiger partial charge in [0.1, 0.15) is 0 Å². The van der Waals surface area contributed by atoms with E-state index in [4.69, 9.17) is 22.0 Å². The van der Waals surface area contributed by atoms with Crippen LogP contribution in [0.1, 0.15) is 41.9 Å². The van der Waals surface area contributed by atoms with E-state index < -0.39 is 21.8 Å². The fourth-order valence-corrected chi connectivity index (χ4v) is 6.37. The predicted molar refractivity (Wildman–Crippen MR) is 152 cm³/mol. The van der Waals surface area contributed by atoms with Crippen LogP contribution in [0.15, 0.2) is 93.3 Å². The lowest BCUT2D eigenvalue weighted by molar-refractivity contribution is -0.137. The van der Waals surface area contributed by atoms with E-state index in [1.54, 1.807) is 12.1 Å². The molecule has 0 bridgehead atoms. The largest absolute Gasteiger partial charge is 0.416 e. The third-order valence-corrected chi connectivity index (χ3v) is 8.79. The van der Waals surface area contributed by atoms with E-state index in [0.29, 0.717) is 48.0 Å². The average Bonchev–Trinajstić information content (AvgIpc) is 2.95. The number of unbranched alkanes of at least 4 members (excludes halogenated alkanes) is 1. The summed E-state index contributed by atoms with van der Waals surface area (Å²) in [6.07, 6.45) is -3.22. The molecular formula is C28H24ClF3N4O2S2. The first-order valence-corrected chi connectivity index (χ1v) is 15.1. The van der Waals surface area contributed by atoms with Crippen molar-refractivity contribution in [1.82, 2.24) is 5.01 Å². The first-order chi connectivity index (χ1) is 19.1. The van der Waals surface area contributed by atoms with E-state index in [9.17, 15) is 21.6 Å². The van der Waals surface area contributed by atoms with Gasteiger partial charge in [-0.1, -0.05) is 65.8 Å². The van der Waals surface area contributed by atoms with Crippen molar-refractivity contribution in [2.24, 2.45) is 9.50 Å². The molecule has 6 nitrogen and oxygen atoms in total. The Labute approximate surface area is 240 Å². The molecule has 1 unspecified atom stereocenters. The summed E-state index contributed by atoms with van der Waals surface area (Å²) in [4.78, 5) is -0.364. The number of halogens is 4. The van der Waals surface area contributed by atoms with Gasteiger partial charge in [-0.15, -0.1) is 4.40 Å². The van der Waals surface area contributed by atoms with Gasteiger partial charge in [0.15, 0.2) is 5.17 Å². The zero-order chi connectivity index (χ0) is 28.8. The second kappa shape index (κ2) is 12.9. The molecule has 0 N–H and O–H groups in total. The van der Waals surface area contributed by atoms with E-state index in [1.807, 2.05) is 42.5 Å². The number of thioether (sulfide) groups is 1. The lowest BCUT2D eigenvalue weighted by Gasteiger charge is -2.31. The van der Waals surface area contributed by atoms with Gasteiger partial charge in [0.2, 0.25) is 0 Å². The minimum absolute atomic E-state index is 0.0741. The van der Waals surface area contributed by atoms with Crippen LogP contribution in [-0.4, -0.2) is 36.6 Å². The van der Waals surface area contributed by atoms with Crippen LogP contribution in [0.25, 0.3) is 0 Å². The minimum atomic E-state index is -4.59. The molecule has 0 aromatic heterocycles. The Hall–Kier alpha value is -3.33. The number of alkyl halides is 3. The second-order valence-electron chi connectivity index (χ2n) is 8.85. The molecule has 0 aliphatic carbocycles. The zero-order valence-corrected chi connectivity index (χ0v) is 23.4. The summed E-state index contributed by atoms with van der Waals surface area (Å²) in [7, 11) is -4.36. The number of rotatable bonds is 7. The molecule has 1 heterocycles. The number of hydrogen-bond acceptors (Lipinski definition) is 5. The van der Waals surface area contributed by atoms with Crippen molar-refractivity contribution in [1.29, 1.82) is 5.26 Å². The minimum Gasteiger partial charge on any atom is -0.241 e. The van der Waals surface area contributed by atoms with Gasteiger partial charge in [-0.25, -0.2) is 5.01 Å². The van der Waals surface area contributed by atoms with Gasteiger partial charge in [0, 0.05) is 29.7 Å². The number of nitrogens with zero attached hydrogens (tertiary/aromatic N) is 4. The van der Waals surface area contributed by atoms with Crippen LogP contribution < -0.4 is 0 Å². The molecule has 0 saturated heterocycles. The fourth-order valence-electron chi connectivity index (χ4n) is 4.10. The SMILES string of the molecule is N#CCCCSC(=NS(=O)(=O)c1ccc(C(F)(F)F)cc1)N1CCC(c2ccccc2)C(c2ccc(Cl)cc2)=N1. The van der Waals surface area contributed by atoms with Crippen LogP contribution in [0.2, 0.25) is 5.02 Å². The highest BCUT2D eigenvalue weighted by Gasteiger charge is 2.32. The van der Waals surface area contributed by atoms with Gasteiger partial charge in [0.05, 0.1) is 22.2 Å². The maximum Gasteiger partial charge on any atom is 0.416 e. The highest BCUT2D eigenvalue weighted by atomic mass is 35.5. The van der Waals surface area contributed by atoms with Gasteiger partial charge < -0.3 is 0 Å². The third-order valence-electron chi connectivity index (χ3n) is 6.09. The first-order valence-electron chi connectivity index (χ1n) is 12.3.